The number of nitrogens with one attached hydrogen (secondary N) is 3. The molecule has 3 aromatic rings. The summed E-state index contributed by atoms with van der Waals surface area (Å²) in [4.78, 5) is 29.9. The summed E-state index contributed by atoms with van der Waals surface area (Å²) >= 11 is 0. The number of hydrogen-bond acceptors (Lipinski definition) is 6. The normalized spacial score (nSPS) is 20.3. The second-order valence-corrected chi connectivity index (χ2v) is 12.1. The highest BCUT2D eigenvalue weighted by Crippen LogP contribution is 2.31. The number of rotatable bonds is 13. The molecule has 8 nitrogen and oxygen atoms in total. The van der Waals surface area contributed by atoms with Gasteiger partial charge >= 0.3 is 0 Å². The van der Waals surface area contributed by atoms with Gasteiger partial charge in [0.25, 0.3) is 0 Å². The SMILES string of the molecule is O=C(CCN1CCCCC1)NCC1CCCC(CNCC(O)c2ccc(OCc3ccccc3)c3[nH]c(=O)ccc23)C1. The van der Waals surface area contributed by atoms with Crippen LogP contribution in [-0.2, 0) is 11.4 Å². The van der Waals surface area contributed by atoms with Crippen LogP contribution in [0.2, 0.25) is 0 Å². The molecule has 0 bridgehead atoms. The molecule has 2 fully saturated rings. The molecule has 3 atom stereocenters. The Hall–Kier alpha value is -3.20. The Kier molecular flexibility index (Phi) is 11.0. The number of fused-ring (bicyclic) bond motifs is 1. The quantitative estimate of drug-likeness (QED) is 0.239. The molecule has 8 heteroatoms. The third-order valence-electron chi connectivity index (χ3n) is 8.84. The second kappa shape index (κ2) is 15.3. The zero-order valence-electron chi connectivity index (χ0n) is 24.7. The minimum Gasteiger partial charge on any atom is -0.487 e. The van der Waals surface area contributed by atoms with Crippen molar-refractivity contribution in [1.82, 2.24) is 20.5 Å². The molecule has 2 aromatic carbocycles. The van der Waals surface area contributed by atoms with Gasteiger partial charge in [0.15, 0.2) is 0 Å². The van der Waals surface area contributed by atoms with Crippen molar-refractivity contribution >= 4 is 16.8 Å². The first-order chi connectivity index (χ1) is 20.5. The van der Waals surface area contributed by atoms with Crippen LogP contribution in [0.3, 0.4) is 0 Å². The van der Waals surface area contributed by atoms with Gasteiger partial charge in [0.2, 0.25) is 11.5 Å². The summed E-state index contributed by atoms with van der Waals surface area (Å²) in [5, 5.41) is 18.6. The van der Waals surface area contributed by atoms with Crippen molar-refractivity contribution in [2.24, 2.45) is 11.8 Å². The molecular formula is C34H46N4O4. The van der Waals surface area contributed by atoms with Gasteiger partial charge in [0.05, 0.1) is 11.6 Å². The van der Waals surface area contributed by atoms with Crippen molar-refractivity contribution < 1.29 is 14.6 Å². The van der Waals surface area contributed by atoms with Crippen LogP contribution in [0.1, 0.15) is 68.6 Å². The van der Waals surface area contributed by atoms with Crippen LogP contribution < -0.4 is 20.9 Å². The van der Waals surface area contributed by atoms with Crippen molar-refractivity contribution in [3.05, 3.63) is 76.1 Å². The molecule has 1 aliphatic heterocycles. The van der Waals surface area contributed by atoms with E-state index in [1.807, 2.05) is 42.5 Å². The molecule has 1 aliphatic carbocycles. The standard InChI is InChI=1S/C34H46N4O4/c39-30(28-12-14-31(34-29(28)13-15-33(41)37-34)42-24-25-8-3-1-4-9-25)23-35-21-26-10-7-11-27(20-26)22-36-32(40)16-19-38-17-5-2-6-18-38/h1,3-4,8-9,12-15,26-27,30,35,39H,2,5-7,10-11,16-24H2,(H,36,40)(H,37,41). The number of piperidine rings is 1. The second-order valence-electron chi connectivity index (χ2n) is 12.1. The summed E-state index contributed by atoms with van der Waals surface area (Å²) < 4.78 is 6.05. The first kappa shape index (κ1) is 30.3. The lowest BCUT2D eigenvalue weighted by molar-refractivity contribution is -0.121. The Labute approximate surface area is 248 Å². The van der Waals surface area contributed by atoms with Crippen LogP contribution in [0, 0.1) is 11.8 Å². The molecule has 1 saturated heterocycles. The van der Waals surface area contributed by atoms with Crippen molar-refractivity contribution in [2.45, 2.75) is 64.1 Å². The molecule has 226 valence electrons. The highest BCUT2D eigenvalue weighted by atomic mass is 16.5. The number of carbonyl (C=O) groups excluding carboxylic acids is 1. The van der Waals surface area contributed by atoms with Crippen molar-refractivity contribution in [3.8, 4) is 5.75 Å². The van der Waals surface area contributed by atoms with Gasteiger partial charge in [-0.15, -0.1) is 0 Å². The number of aromatic nitrogens is 1. The van der Waals surface area contributed by atoms with E-state index in [0.717, 1.165) is 62.1 Å². The molecule has 5 rings (SSSR count). The number of H-pyrrole nitrogens is 1. The third kappa shape index (κ3) is 8.66. The fourth-order valence-electron chi connectivity index (χ4n) is 6.49. The van der Waals surface area contributed by atoms with E-state index in [4.69, 9.17) is 4.74 Å². The Morgan fingerprint density at radius 3 is 2.57 bits per heavy atom. The maximum Gasteiger partial charge on any atom is 0.248 e. The van der Waals surface area contributed by atoms with Crippen LogP contribution in [-0.4, -0.2) is 60.2 Å². The number of nitrogens with zero attached hydrogens (tertiary/aromatic N) is 1. The predicted octanol–water partition coefficient (Wildman–Crippen LogP) is 4.53. The van der Waals surface area contributed by atoms with Crippen LogP contribution in [0.15, 0.2) is 59.4 Å². The van der Waals surface area contributed by atoms with E-state index in [1.165, 1.54) is 38.2 Å². The molecular weight excluding hydrogens is 528 g/mol. The summed E-state index contributed by atoms with van der Waals surface area (Å²) in [6.07, 6.45) is 8.29. The number of ether oxygens (including phenoxy) is 1. The number of hydrogen-bond donors (Lipinski definition) is 4. The summed E-state index contributed by atoms with van der Waals surface area (Å²) in [6, 6.07) is 16.8. The zero-order valence-corrected chi connectivity index (χ0v) is 24.7. The van der Waals surface area contributed by atoms with E-state index in [0.29, 0.717) is 42.7 Å². The zero-order chi connectivity index (χ0) is 29.1. The number of likely N-dealkylation sites (tertiary alicyclic amines) is 1. The average molecular weight is 575 g/mol. The van der Waals surface area contributed by atoms with Crippen LogP contribution in [0.25, 0.3) is 10.9 Å². The molecule has 1 amide bonds. The average Bonchev–Trinajstić information content (AvgIpc) is 3.02. The molecule has 4 N–H and O–H groups in total. The Bertz CT molecular complexity index is 1340. The number of benzene rings is 2. The van der Waals surface area contributed by atoms with Gasteiger partial charge in [-0.1, -0.05) is 49.2 Å². The highest BCUT2D eigenvalue weighted by molar-refractivity contribution is 5.87. The minimum absolute atomic E-state index is 0.175. The fraction of sp³-hybridized carbons (Fsp3) is 0.529. The van der Waals surface area contributed by atoms with Crippen molar-refractivity contribution in [2.75, 3.05) is 39.3 Å². The molecule has 2 aliphatic rings. The number of pyridine rings is 1. The van der Waals surface area contributed by atoms with Gasteiger partial charge < -0.3 is 30.4 Å². The lowest BCUT2D eigenvalue weighted by atomic mass is 9.81. The Balaban J connectivity index is 1.08. The smallest absolute Gasteiger partial charge is 0.248 e. The molecule has 2 heterocycles. The summed E-state index contributed by atoms with van der Waals surface area (Å²) in [5.74, 6) is 1.80. The van der Waals surface area contributed by atoms with Gasteiger partial charge in [0, 0.05) is 37.5 Å². The van der Waals surface area contributed by atoms with E-state index >= 15 is 0 Å². The summed E-state index contributed by atoms with van der Waals surface area (Å²) in [5.41, 5.74) is 2.19. The van der Waals surface area contributed by atoms with Gasteiger partial charge in [0.1, 0.15) is 12.4 Å². The maximum absolute atomic E-state index is 12.4. The summed E-state index contributed by atoms with van der Waals surface area (Å²) in [6.45, 7) is 5.55. The molecule has 1 aromatic heterocycles. The molecule has 1 saturated carbocycles. The Morgan fingerprint density at radius 2 is 1.76 bits per heavy atom. The van der Waals surface area contributed by atoms with Crippen LogP contribution in [0.5, 0.6) is 5.75 Å². The van der Waals surface area contributed by atoms with Gasteiger partial charge in [-0.25, -0.2) is 0 Å². The van der Waals surface area contributed by atoms with E-state index in [2.05, 4.69) is 20.5 Å². The molecule has 0 spiro atoms. The molecule has 3 unspecified atom stereocenters. The van der Waals surface area contributed by atoms with Crippen molar-refractivity contribution in [3.63, 3.8) is 0 Å². The predicted molar refractivity (Wildman–Crippen MR) is 167 cm³/mol. The number of amides is 1. The monoisotopic (exact) mass is 574 g/mol. The topological polar surface area (TPSA) is 107 Å². The van der Waals surface area contributed by atoms with Crippen LogP contribution >= 0.6 is 0 Å². The highest BCUT2D eigenvalue weighted by Gasteiger charge is 2.23. The Morgan fingerprint density at radius 1 is 0.976 bits per heavy atom. The first-order valence-electron chi connectivity index (χ1n) is 15.8. The fourth-order valence-corrected chi connectivity index (χ4v) is 6.49. The molecule has 42 heavy (non-hydrogen) atoms. The van der Waals surface area contributed by atoms with E-state index in [9.17, 15) is 14.7 Å². The minimum atomic E-state index is -0.722. The number of aliphatic hydroxyl groups excluding tert-OH is 1. The number of carbonyl (C=O) groups is 1. The summed E-state index contributed by atoms with van der Waals surface area (Å²) in [7, 11) is 0. The maximum atomic E-state index is 12.4. The lowest BCUT2D eigenvalue weighted by Crippen LogP contribution is -2.37. The van der Waals surface area contributed by atoms with E-state index in [1.54, 1.807) is 6.07 Å². The van der Waals surface area contributed by atoms with E-state index in [-0.39, 0.29) is 11.5 Å². The van der Waals surface area contributed by atoms with Crippen molar-refractivity contribution in [1.29, 1.82) is 0 Å². The third-order valence-corrected chi connectivity index (χ3v) is 8.84. The van der Waals surface area contributed by atoms with Gasteiger partial charge in [-0.2, -0.15) is 0 Å². The van der Waals surface area contributed by atoms with Gasteiger partial charge in [-0.3, -0.25) is 9.59 Å². The molecule has 0 radical (unpaired) electrons. The lowest BCUT2D eigenvalue weighted by Gasteiger charge is -2.30. The largest absolute Gasteiger partial charge is 0.487 e. The van der Waals surface area contributed by atoms with E-state index < -0.39 is 6.10 Å². The van der Waals surface area contributed by atoms with Crippen LogP contribution in [0.4, 0.5) is 0 Å². The first-order valence-corrected chi connectivity index (χ1v) is 15.8. The number of aliphatic hydroxyl groups is 1. The number of aromatic amines is 1. The van der Waals surface area contributed by atoms with Gasteiger partial charge in [-0.05, 0) is 86.8 Å².